The first-order chi connectivity index (χ1) is 21.4. The molecule has 0 spiro atoms. The lowest BCUT2D eigenvalue weighted by molar-refractivity contribution is -0.191. The number of hydrogen-bond donors (Lipinski definition) is 3. The highest BCUT2D eigenvalue weighted by Gasteiger charge is 2.60. The van der Waals surface area contributed by atoms with Gasteiger partial charge in [0.1, 0.15) is 11.9 Å². The van der Waals surface area contributed by atoms with Gasteiger partial charge in [-0.3, -0.25) is 23.9 Å². The summed E-state index contributed by atoms with van der Waals surface area (Å²) >= 11 is 5.38. The summed E-state index contributed by atoms with van der Waals surface area (Å²) in [5.41, 5.74) is -3.06. The van der Waals surface area contributed by atoms with Crippen LogP contribution in [0.15, 0.2) is 63.8 Å². The van der Waals surface area contributed by atoms with Crippen LogP contribution in [0, 0.1) is 11.8 Å². The molecule has 0 saturated carbocycles. The van der Waals surface area contributed by atoms with Gasteiger partial charge in [0.15, 0.2) is 17.9 Å². The van der Waals surface area contributed by atoms with Crippen LogP contribution < -0.4 is 21.1 Å². The second-order valence-corrected chi connectivity index (χ2v) is 14.7. The highest BCUT2D eigenvalue weighted by molar-refractivity contribution is 8.08. The molecule has 5 atom stereocenters. The Hall–Kier alpha value is -3.49. The van der Waals surface area contributed by atoms with E-state index >= 15 is 0 Å². The number of benzene rings is 1. The van der Waals surface area contributed by atoms with E-state index in [1.807, 2.05) is 6.07 Å². The van der Waals surface area contributed by atoms with Crippen LogP contribution in [0.1, 0.15) is 61.6 Å². The van der Waals surface area contributed by atoms with Gasteiger partial charge in [-0.05, 0) is 51.6 Å². The van der Waals surface area contributed by atoms with Gasteiger partial charge in [0.05, 0.1) is 30.2 Å². The van der Waals surface area contributed by atoms with Crippen LogP contribution in [0.25, 0.3) is 0 Å². The number of para-hydroxylation sites is 1. The Balaban J connectivity index is 1.96. The molecule has 1 aromatic carbocycles. The molecule has 0 bridgehead atoms. The fourth-order valence-electron chi connectivity index (χ4n) is 4.32. The average Bonchev–Trinajstić information content (AvgIpc) is 3.21. The minimum atomic E-state index is -3.85. The number of H-pyrrole nitrogens is 1. The van der Waals surface area contributed by atoms with Gasteiger partial charge in [-0.25, -0.2) is 4.79 Å². The summed E-state index contributed by atoms with van der Waals surface area (Å²) in [5, 5.41) is 2.75. The van der Waals surface area contributed by atoms with E-state index in [1.165, 1.54) is 13.1 Å². The predicted molar refractivity (Wildman–Crippen MR) is 171 cm³/mol. The van der Waals surface area contributed by atoms with E-state index in [2.05, 4.69) is 10.1 Å². The Morgan fingerprint density at radius 1 is 1.09 bits per heavy atom. The van der Waals surface area contributed by atoms with Crippen LogP contribution in [0.2, 0.25) is 0 Å². The third-order valence-electron chi connectivity index (χ3n) is 6.63. The van der Waals surface area contributed by atoms with E-state index in [0.717, 1.165) is 10.6 Å². The third-order valence-corrected chi connectivity index (χ3v) is 8.34. The number of carbonyl (C=O) groups is 2. The van der Waals surface area contributed by atoms with Gasteiger partial charge >= 0.3 is 23.6 Å². The SMILES string of the molecule is CC(N[P@@](O)(=S)OC[C@H]1O[C@@H](n2ccc(=O)[nH]c2=O)[C@](C)(OC(=O)C(C)C)[C@@H]1OC(=O)C(C)C)=C(Oc1ccccc1)OC(C)C. The van der Waals surface area contributed by atoms with Gasteiger partial charge in [0, 0.05) is 12.3 Å². The molecule has 1 aliphatic heterocycles. The maximum atomic E-state index is 12.9. The summed E-state index contributed by atoms with van der Waals surface area (Å²) in [4.78, 5) is 63.7. The standard InChI is InChI=1S/C30H42N3O11PS/c1-17(2)25(35)43-24-22(42-28(30(24,8)44-26(36)18(3)4)33-15-14-23(34)31-29(33)37)16-39-45(38,46)32-20(7)27(40-19(5)6)41-21-12-10-9-11-13-21/h9-15,17-19,22,24,28H,16H2,1-8H3,(H,31,34,37)(H2,32,38,46)/t22-,24-,28-,30-,45+/m1/s1. The second kappa shape index (κ2) is 15.4. The van der Waals surface area contributed by atoms with Crippen molar-refractivity contribution in [2.24, 2.45) is 11.8 Å². The van der Waals surface area contributed by atoms with Crippen LogP contribution in [0.3, 0.4) is 0 Å². The summed E-state index contributed by atoms with van der Waals surface area (Å²) in [6.07, 6.45) is -3.02. The lowest BCUT2D eigenvalue weighted by Crippen LogP contribution is -2.52. The fraction of sp³-hybridized carbons (Fsp3) is 0.533. The Bertz CT molecular complexity index is 1570. The summed E-state index contributed by atoms with van der Waals surface area (Å²) in [6, 6.07) is 9.95. The molecule has 1 aliphatic rings. The van der Waals surface area contributed by atoms with Crippen molar-refractivity contribution in [2.45, 2.75) is 85.5 Å². The lowest BCUT2D eigenvalue weighted by Gasteiger charge is -2.35. The van der Waals surface area contributed by atoms with E-state index in [-0.39, 0.29) is 17.7 Å². The molecular weight excluding hydrogens is 641 g/mol. The van der Waals surface area contributed by atoms with Gasteiger partial charge in [-0.1, -0.05) is 45.9 Å². The summed E-state index contributed by atoms with van der Waals surface area (Å²) in [5.74, 6) is -1.94. The van der Waals surface area contributed by atoms with E-state index in [1.54, 1.807) is 72.7 Å². The molecule has 254 valence electrons. The molecule has 2 aromatic rings. The Morgan fingerprint density at radius 2 is 1.72 bits per heavy atom. The third kappa shape index (κ3) is 9.52. The van der Waals surface area contributed by atoms with Crippen LogP contribution in [-0.2, 0) is 44.9 Å². The molecule has 14 nitrogen and oxygen atoms in total. The summed E-state index contributed by atoms with van der Waals surface area (Å²) in [6.45, 7) is 8.78. The normalized spacial score (nSPS) is 23.1. The Morgan fingerprint density at radius 3 is 2.28 bits per heavy atom. The molecule has 16 heteroatoms. The highest BCUT2D eigenvalue weighted by Crippen LogP contribution is 2.46. The van der Waals surface area contributed by atoms with E-state index in [9.17, 15) is 24.1 Å². The molecule has 46 heavy (non-hydrogen) atoms. The molecule has 0 aliphatic carbocycles. The molecule has 1 saturated heterocycles. The van der Waals surface area contributed by atoms with Crippen molar-refractivity contribution in [1.29, 1.82) is 0 Å². The average molecular weight is 684 g/mol. The van der Waals surface area contributed by atoms with Crippen molar-refractivity contribution >= 4 is 30.4 Å². The van der Waals surface area contributed by atoms with Gasteiger partial charge < -0.3 is 38.2 Å². The van der Waals surface area contributed by atoms with Crippen molar-refractivity contribution in [3.05, 3.63) is 75.1 Å². The van der Waals surface area contributed by atoms with Crippen molar-refractivity contribution in [1.82, 2.24) is 14.6 Å². The monoisotopic (exact) mass is 683 g/mol. The second-order valence-electron chi connectivity index (χ2n) is 11.7. The maximum Gasteiger partial charge on any atom is 0.330 e. The maximum absolute atomic E-state index is 12.9. The zero-order chi connectivity index (χ0) is 34.4. The first-order valence-corrected chi connectivity index (χ1v) is 17.4. The Labute approximate surface area is 272 Å². The van der Waals surface area contributed by atoms with Gasteiger partial charge in [0.25, 0.3) is 12.2 Å². The van der Waals surface area contributed by atoms with Crippen molar-refractivity contribution < 1.29 is 42.7 Å². The smallest absolute Gasteiger partial charge is 0.330 e. The predicted octanol–water partition coefficient (Wildman–Crippen LogP) is 3.48. The largest absolute Gasteiger partial charge is 0.461 e. The van der Waals surface area contributed by atoms with E-state index in [4.69, 9.17) is 40.0 Å². The number of hydrogen-bond acceptors (Lipinski definition) is 11. The molecular formula is C30H42N3O11PS. The number of carbonyl (C=O) groups excluding carboxylic acids is 2. The minimum absolute atomic E-state index is 0.0552. The zero-order valence-corrected chi connectivity index (χ0v) is 28.8. The van der Waals surface area contributed by atoms with E-state index < -0.39 is 72.3 Å². The first-order valence-electron chi connectivity index (χ1n) is 14.7. The zero-order valence-electron chi connectivity index (χ0n) is 27.0. The summed E-state index contributed by atoms with van der Waals surface area (Å²) in [7, 11) is 0. The number of nitrogens with one attached hydrogen (secondary N) is 2. The van der Waals surface area contributed by atoms with Crippen LogP contribution in [0.5, 0.6) is 5.75 Å². The molecule has 0 unspecified atom stereocenters. The molecule has 1 aromatic heterocycles. The Kier molecular flexibility index (Phi) is 12.4. The topological polar surface area (TPSA) is 177 Å². The van der Waals surface area contributed by atoms with Crippen molar-refractivity contribution in [3.8, 4) is 5.75 Å². The lowest BCUT2D eigenvalue weighted by atomic mass is 9.95. The molecule has 0 radical (unpaired) electrons. The molecule has 3 rings (SSSR count). The minimum Gasteiger partial charge on any atom is -0.461 e. The number of aromatic amines is 1. The molecule has 2 heterocycles. The molecule has 1 fully saturated rings. The highest BCUT2D eigenvalue weighted by atomic mass is 32.5. The van der Waals surface area contributed by atoms with Crippen molar-refractivity contribution in [2.75, 3.05) is 6.61 Å². The number of aromatic nitrogens is 2. The van der Waals surface area contributed by atoms with Crippen LogP contribution >= 0.6 is 6.64 Å². The number of nitrogens with zero attached hydrogens (tertiary/aromatic N) is 1. The van der Waals surface area contributed by atoms with Crippen LogP contribution in [0.4, 0.5) is 0 Å². The number of rotatable bonds is 14. The number of ether oxygens (including phenoxy) is 5. The molecule has 0 amide bonds. The van der Waals surface area contributed by atoms with Gasteiger partial charge in [-0.15, -0.1) is 0 Å². The number of esters is 2. The summed E-state index contributed by atoms with van der Waals surface area (Å²) < 4.78 is 36.3. The molecule has 3 N–H and O–H groups in total. The first kappa shape index (κ1) is 37.0. The fourth-order valence-corrected chi connectivity index (χ4v) is 5.84. The van der Waals surface area contributed by atoms with E-state index in [0.29, 0.717) is 5.75 Å². The van der Waals surface area contributed by atoms with Gasteiger partial charge in [-0.2, -0.15) is 0 Å². The quantitative estimate of drug-likeness (QED) is 0.150. The number of allylic oxidation sites excluding steroid dienone is 1. The van der Waals surface area contributed by atoms with Gasteiger partial charge in [0.2, 0.25) is 0 Å². The van der Waals surface area contributed by atoms with Crippen LogP contribution in [-0.4, -0.2) is 56.9 Å². The van der Waals surface area contributed by atoms with Crippen molar-refractivity contribution in [3.63, 3.8) is 0 Å².